The van der Waals surface area contributed by atoms with Crippen LogP contribution in [0.4, 0.5) is 0 Å². The van der Waals surface area contributed by atoms with Crippen molar-refractivity contribution >= 4 is 11.6 Å². The van der Waals surface area contributed by atoms with Gasteiger partial charge in [0.2, 0.25) is 0 Å². The quantitative estimate of drug-likeness (QED) is 0.780. The van der Waals surface area contributed by atoms with Crippen LogP contribution in [-0.4, -0.2) is 22.1 Å². The number of hydrogen-bond donors (Lipinski definition) is 0. The fourth-order valence-corrected chi connectivity index (χ4v) is 1.73. The van der Waals surface area contributed by atoms with Gasteiger partial charge in [-0.3, -0.25) is 4.98 Å². The molecule has 0 atom stereocenters. The molecule has 0 saturated carbocycles. The van der Waals surface area contributed by atoms with Crippen molar-refractivity contribution in [2.45, 2.75) is 13.0 Å². The highest BCUT2D eigenvalue weighted by atomic mass is 35.5. The second kappa shape index (κ2) is 5.70. The Morgan fingerprint density at radius 1 is 1.24 bits per heavy atom. The number of ether oxygens (including phenoxy) is 1. The first-order valence-electron chi connectivity index (χ1n) is 5.18. The lowest BCUT2D eigenvalue weighted by atomic mass is 10.1. The van der Waals surface area contributed by atoms with Gasteiger partial charge in [0.25, 0.3) is 0 Å². The first kappa shape index (κ1) is 12.0. The van der Waals surface area contributed by atoms with E-state index < -0.39 is 0 Å². The molecular formula is C12H12ClN3O. The summed E-state index contributed by atoms with van der Waals surface area (Å²) in [5, 5.41) is 0.441. The van der Waals surface area contributed by atoms with Crippen LogP contribution in [0.2, 0.25) is 5.15 Å². The lowest BCUT2D eigenvalue weighted by Crippen LogP contribution is -2.02. The average Bonchev–Trinajstić information content (AvgIpc) is 2.30. The molecule has 5 heteroatoms. The van der Waals surface area contributed by atoms with Crippen molar-refractivity contribution in [1.29, 1.82) is 0 Å². The zero-order valence-corrected chi connectivity index (χ0v) is 10.2. The molecule has 0 fully saturated rings. The molecule has 0 saturated heterocycles. The minimum Gasteiger partial charge on any atom is -0.377 e. The first-order chi connectivity index (χ1) is 8.28. The van der Waals surface area contributed by atoms with Gasteiger partial charge >= 0.3 is 0 Å². The van der Waals surface area contributed by atoms with Crippen LogP contribution in [0.1, 0.15) is 17.1 Å². The van der Waals surface area contributed by atoms with Gasteiger partial charge in [-0.05, 0) is 23.8 Å². The summed E-state index contributed by atoms with van der Waals surface area (Å²) >= 11 is 5.93. The molecule has 0 bridgehead atoms. The van der Waals surface area contributed by atoms with Gasteiger partial charge in [0.05, 0.1) is 5.69 Å². The fourth-order valence-electron chi connectivity index (χ4n) is 1.51. The largest absolute Gasteiger partial charge is 0.377 e. The summed E-state index contributed by atoms with van der Waals surface area (Å²) in [5.74, 6) is 0.601. The molecule has 88 valence electrons. The summed E-state index contributed by atoms with van der Waals surface area (Å²) in [4.78, 5) is 12.4. The van der Waals surface area contributed by atoms with Crippen LogP contribution in [0.5, 0.6) is 0 Å². The monoisotopic (exact) mass is 249 g/mol. The molecule has 0 N–H and O–H groups in total. The zero-order valence-electron chi connectivity index (χ0n) is 9.43. The molecule has 2 aromatic rings. The van der Waals surface area contributed by atoms with Crippen molar-refractivity contribution in [3.8, 4) is 0 Å². The lowest BCUT2D eigenvalue weighted by Gasteiger charge is -2.04. The van der Waals surface area contributed by atoms with Crippen LogP contribution in [0, 0.1) is 0 Å². The summed E-state index contributed by atoms with van der Waals surface area (Å²) in [6.45, 7) is 0.365. The predicted octanol–water partition coefficient (Wildman–Crippen LogP) is 2.26. The number of nitrogens with zero attached hydrogens (tertiary/aromatic N) is 3. The Kier molecular flexibility index (Phi) is 4.01. The summed E-state index contributed by atoms with van der Waals surface area (Å²) in [7, 11) is 1.60. The van der Waals surface area contributed by atoms with Crippen molar-refractivity contribution in [2.75, 3.05) is 7.11 Å². The molecular weight excluding hydrogens is 238 g/mol. The highest BCUT2D eigenvalue weighted by Gasteiger charge is 2.04. The number of pyridine rings is 1. The van der Waals surface area contributed by atoms with Crippen LogP contribution in [0.15, 0.2) is 30.6 Å². The molecule has 2 rings (SSSR count). The van der Waals surface area contributed by atoms with Gasteiger partial charge in [-0.2, -0.15) is 0 Å². The molecule has 0 amide bonds. The first-order valence-corrected chi connectivity index (χ1v) is 5.56. The van der Waals surface area contributed by atoms with Gasteiger partial charge in [-0.15, -0.1) is 0 Å². The number of hydrogen-bond acceptors (Lipinski definition) is 4. The topological polar surface area (TPSA) is 47.9 Å². The summed E-state index contributed by atoms with van der Waals surface area (Å²) < 4.78 is 4.99. The smallest absolute Gasteiger partial charge is 0.155 e. The Morgan fingerprint density at radius 2 is 2.00 bits per heavy atom. The fraction of sp³-hybridized carbons (Fsp3) is 0.250. The van der Waals surface area contributed by atoms with E-state index in [2.05, 4.69) is 15.0 Å². The van der Waals surface area contributed by atoms with Crippen molar-refractivity contribution in [1.82, 2.24) is 15.0 Å². The molecule has 4 nitrogen and oxygen atoms in total. The van der Waals surface area contributed by atoms with Gasteiger partial charge in [0.15, 0.2) is 5.82 Å². The second-order valence-corrected chi connectivity index (χ2v) is 3.95. The van der Waals surface area contributed by atoms with Gasteiger partial charge in [0, 0.05) is 25.9 Å². The SMILES string of the molecule is COCc1nc(Cl)cc(Cc2ccncc2)n1. The van der Waals surface area contributed by atoms with E-state index in [0.29, 0.717) is 24.0 Å². The maximum absolute atomic E-state index is 5.93. The van der Waals surface area contributed by atoms with Crippen LogP contribution in [0.3, 0.4) is 0 Å². The standard InChI is InChI=1S/C12H12ClN3O/c1-17-8-12-15-10(7-11(13)16-12)6-9-2-4-14-5-3-9/h2-5,7H,6,8H2,1H3. The van der Waals surface area contributed by atoms with Crippen LogP contribution in [0.25, 0.3) is 0 Å². The Morgan fingerprint density at radius 3 is 2.71 bits per heavy atom. The molecule has 0 unspecified atom stereocenters. The van der Waals surface area contributed by atoms with E-state index in [1.807, 2.05) is 12.1 Å². The van der Waals surface area contributed by atoms with E-state index in [-0.39, 0.29) is 0 Å². The highest BCUT2D eigenvalue weighted by Crippen LogP contribution is 2.12. The third-order valence-electron chi connectivity index (χ3n) is 2.20. The molecule has 0 aliphatic rings. The van der Waals surface area contributed by atoms with Crippen LogP contribution in [-0.2, 0) is 17.8 Å². The van der Waals surface area contributed by atoms with Gasteiger partial charge in [0.1, 0.15) is 11.8 Å². The molecule has 17 heavy (non-hydrogen) atoms. The minimum absolute atomic E-state index is 0.365. The third kappa shape index (κ3) is 3.47. The van der Waals surface area contributed by atoms with Gasteiger partial charge in [-0.1, -0.05) is 11.6 Å². The summed E-state index contributed by atoms with van der Waals surface area (Å²) in [6.07, 6.45) is 4.23. The number of halogens is 1. The van der Waals surface area contributed by atoms with E-state index >= 15 is 0 Å². The normalized spacial score (nSPS) is 10.5. The third-order valence-corrected chi connectivity index (χ3v) is 2.40. The van der Waals surface area contributed by atoms with E-state index in [1.165, 1.54) is 0 Å². The molecule has 0 aliphatic carbocycles. The second-order valence-electron chi connectivity index (χ2n) is 3.56. The lowest BCUT2D eigenvalue weighted by molar-refractivity contribution is 0.177. The summed E-state index contributed by atoms with van der Waals surface area (Å²) in [6, 6.07) is 5.67. The van der Waals surface area contributed by atoms with E-state index in [0.717, 1.165) is 11.3 Å². The van der Waals surface area contributed by atoms with Crippen molar-refractivity contribution in [3.63, 3.8) is 0 Å². The van der Waals surface area contributed by atoms with E-state index in [1.54, 1.807) is 25.6 Å². The van der Waals surface area contributed by atoms with E-state index in [9.17, 15) is 0 Å². The Labute approximate surface area is 105 Å². The highest BCUT2D eigenvalue weighted by molar-refractivity contribution is 6.29. The molecule has 0 aliphatic heterocycles. The maximum atomic E-state index is 5.93. The average molecular weight is 250 g/mol. The maximum Gasteiger partial charge on any atom is 0.155 e. The summed E-state index contributed by atoms with van der Waals surface area (Å²) in [5.41, 5.74) is 2.02. The number of aromatic nitrogens is 3. The Hall–Kier alpha value is -1.52. The van der Waals surface area contributed by atoms with Gasteiger partial charge < -0.3 is 4.74 Å². The molecule has 0 aromatic carbocycles. The van der Waals surface area contributed by atoms with Crippen molar-refractivity contribution < 1.29 is 4.74 Å². The number of methoxy groups -OCH3 is 1. The molecule has 2 aromatic heterocycles. The van der Waals surface area contributed by atoms with Crippen molar-refractivity contribution in [3.05, 3.63) is 52.8 Å². The zero-order chi connectivity index (χ0) is 12.1. The molecule has 0 spiro atoms. The molecule has 0 radical (unpaired) electrons. The van der Waals surface area contributed by atoms with Crippen molar-refractivity contribution in [2.24, 2.45) is 0 Å². The van der Waals surface area contributed by atoms with E-state index in [4.69, 9.17) is 16.3 Å². The van der Waals surface area contributed by atoms with Crippen LogP contribution < -0.4 is 0 Å². The van der Waals surface area contributed by atoms with Crippen LogP contribution >= 0.6 is 11.6 Å². The predicted molar refractivity (Wildman–Crippen MR) is 64.8 cm³/mol. The van der Waals surface area contributed by atoms with Gasteiger partial charge in [-0.25, -0.2) is 9.97 Å². The Balaban J connectivity index is 2.21. The number of rotatable bonds is 4. The Bertz CT molecular complexity index is 490. The minimum atomic E-state index is 0.365. The molecule has 2 heterocycles.